The number of amides is 4. The first kappa shape index (κ1) is 22.6. The van der Waals surface area contributed by atoms with Crippen LogP contribution in [0, 0.1) is 5.92 Å². The number of carbonyl (C=O) groups is 4. The summed E-state index contributed by atoms with van der Waals surface area (Å²) < 4.78 is 0. The van der Waals surface area contributed by atoms with E-state index in [1.54, 1.807) is 0 Å². The summed E-state index contributed by atoms with van der Waals surface area (Å²) in [4.78, 5) is 46.0. The summed E-state index contributed by atoms with van der Waals surface area (Å²) in [6.45, 7) is 5.45. The Hall–Kier alpha value is -2.36. The zero-order valence-corrected chi connectivity index (χ0v) is 14.9. The SMILES string of the molecule is CC(C)C[C@H](NC(=O)[C@H](C)N)C(=O)N[C@@H](CCCNC(N)=O)C(=O)O. The maximum atomic E-state index is 12.4. The highest BCUT2D eigenvalue weighted by Gasteiger charge is 2.27. The molecule has 0 heterocycles. The van der Waals surface area contributed by atoms with Gasteiger partial charge < -0.3 is 32.5 Å². The lowest BCUT2D eigenvalue weighted by Crippen LogP contribution is -2.54. The molecule has 10 heteroatoms. The molecule has 0 spiro atoms. The number of hydrogen-bond acceptors (Lipinski definition) is 5. The standard InChI is InChI=1S/C15H29N5O5/c1-8(2)7-11(20-12(21)9(3)16)13(22)19-10(14(23)24)5-4-6-18-15(17)25/h8-11H,4-7,16H2,1-3H3,(H,19,22)(H,20,21)(H,23,24)(H3,17,18,25)/t9-,10-,11-/m0/s1. The maximum Gasteiger partial charge on any atom is 0.326 e. The highest BCUT2D eigenvalue weighted by molar-refractivity contribution is 5.91. The lowest BCUT2D eigenvalue weighted by Gasteiger charge is -2.23. The number of aliphatic carboxylic acids is 1. The minimum atomic E-state index is -1.20. The first-order valence-electron chi connectivity index (χ1n) is 8.17. The number of carbonyl (C=O) groups excluding carboxylic acids is 3. The minimum Gasteiger partial charge on any atom is -0.480 e. The number of urea groups is 1. The van der Waals surface area contributed by atoms with Gasteiger partial charge in [-0.05, 0) is 32.1 Å². The average Bonchev–Trinajstić information content (AvgIpc) is 2.48. The van der Waals surface area contributed by atoms with Crippen LogP contribution in [0.2, 0.25) is 0 Å². The molecular formula is C15H29N5O5. The van der Waals surface area contributed by atoms with Crippen molar-refractivity contribution in [2.24, 2.45) is 17.4 Å². The molecule has 144 valence electrons. The number of rotatable bonds is 11. The predicted octanol–water partition coefficient (Wildman–Crippen LogP) is -1.12. The van der Waals surface area contributed by atoms with Crippen molar-refractivity contribution in [2.45, 2.75) is 58.2 Å². The monoisotopic (exact) mass is 359 g/mol. The van der Waals surface area contributed by atoms with Gasteiger partial charge in [-0.15, -0.1) is 0 Å². The number of primary amides is 1. The van der Waals surface area contributed by atoms with Gasteiger partial charge in [0.05, 0.1) is 6.04 Å². The molecule has 8 N–H and O–H groups in total. The summed E-state index contributed by atoms with van der Waals surface area (Å²) in [7, 11) is 0. The van der Waals surface area contributed by atoms with Crippen LogP contribution in [-0.4, -0.2) is 53.6 Å². The number of nitrogens with two attached hydrogens (primary N) is 2. The summed E-state index contributed by atoms with van der Waals surface area (Å²) in [5, 5.41) is 16.5. The summed E-state index contributed by atoms with van der Waals surface area (Å²) >= 11 is 0. The van der Waals surface area contributed by atoms with Crippen molar-refractivity contribution in [2.75, 3.05) is 6.54 Å². The Morgan fingerprint density at radius 2 is 1.56 bits per heavy atom. The molecule has 0 aliphatic carbocycles. The minimum absolute atomic E-state index is 0.104. The first-order chi connectivity index (χ1) is 11.5. The van der Waals surface area contributed by atoms with Crippen LogP contribution >= 0.6 is 0 Å². The van der Waals surface area contributed by atoms with Gasteiger partial charge in [0.25, 0.3) is 0 Å². The van der Waals surface area contributed by atoms with Gasteiger partial charge in [-0.2, -0.15) is 0 Å². The van der Waals surface area contributed by atoms with Gasteiger partial charge in [0.2, 0.25) is 11.8 Å². The van der Waals surface area contributed by atoms with Gasteiger partial charge in [-0.25, -0.2) is 9.59 Å². The summed E-state index contributed by atoms with van der Waals surface area (Å²) in [5.74, 6) is -2.17. The molecule has 0 saturated heterocycles. The molecule has 0 saturated carbocycles. The molecule has 10 nitrogen and oxygen atoms in total. The lowest BCUT2D eigenvalue weighted by atomic mass is 10.0. The first-order valence-corrected chi connectivity index (χ1v) is 8.17. The molecule has 4 amide bonds. The van der Waals surface area contributed by atoms with Gasteiger partial charge in [0.15, 0.2) is 0 Å². The van der Waals surface area contributed by atoms with Crippen LogP contribution in [0.15, 0.2) is 0 Å². The Bertz CT molecular complexity index is 481. The molecule has 0 bridgehead atoms. The van der Waals surface area contributed by atoms with Gasteiger partial charge in [-0.1, -0.05) is 13.8 Å². The van der Waals surface area contributed by atoms with E-state index in [1.165, 1.54) is 6.92 Å². The van der Waals surface area contributed by atoms with Crippen molar-refractivity contribution < 1.29 is 24.3 Å². The second-order valence-corrected chi connectivity index (χ2v) is 6.31. The third kappa shape index (κ3) is 10.2. The number of hydrogen-bond donors (Lipinski definition) is 6. The highest BCUT2D eigenvalue weighted by Crippen LogP contribution is 2.07. The number of carboxylic acid groups (broad SMARTS) is 1. The molecule has 3 atom stereocenters. The third-order valence-electron chi connectivity index (χ3n) is 3.34. The quantitative estimate of drug-likeness (QED) is 0.254. The molecule has 0 aliphatic rings. The Balaban J connectivity index is 4.79. The van der Waals surface area contributed by atoms with E-state index in [0.29, 0.717) is 12.8 Å². The molecule has 0 aromatic heterocycles. The van der Waals surface area contributed by atoms with E-state index in [1.807, 2.05) is 13.8 Å². The highest BCUT2D eigenvalue weighted by atomic mass is 16.4. The Labute approximate surface area is 147 Å². The molecular weight excluding hydrogens is 330 g/mol. The van der Waals surface area contributed by atoms with E-state index in [0.717, 1.165) is 0 Å². The van der Waals surface area contributed by atoms with E-state index in [4.69, 9.17) is 11.5 Å². The summed E-state index contributed by atoms with van der Waals surface area (Å²) in [6, 6.07) is -3.49. The Morgan fingerprint density at radius 3 is 2.00 bits per heavy atom. The van der Waals surface area contributed by atoms with Gasteiger partial charge >= 0.3 is 12.0 Å². The van der Waals surface area contributed by atoms with Crippen LogP contribution in [0.4, 0.5) is 4.79 Å². The molecule has 25 heavy (non-hydrogen) atoms. The molecule has 0 aromatic rings. The smallest absolute Gasteiger partial charge is 0.326 e. The second-order valence-electron chi connectivity index (χ2n) is 6.31. The van der Waals surface area contributed by atoms with Gasteiger partial charge in [0.1, 0.15) is 12.1 Å². The fourth-order valence-corrected chi connectivity index (χ4v) is 2.05. The van der Waals surface area contributed by atoms with Crippen molar-refractivity contribution in [3.05, 3.63) is 0 Å². The zero-order valence-electron chi connectivity index (χ0n) is 14.9. The van der Waals surface area contributed by atoms with E-state index < -0.39 is 41.9 Å². The fourth-order valence-electron chi connectivity index (χ4n) is 2.05. The fraction of sp³-hybridized carbons (Fsp3) is 0.733. The Kier molecular flexibility index (Phi) is 10.2. The molecule has 0 rings (SSSR count). The predicted molar refractivity (Wildman–Crippen MR) is 91.4 cm³/mol. The average molecular weight is 359 g/mol. The van der Waals surface area contributed by atoms with Crippen LogP contribution in [0.1, 0.15) is 40.0 Å². The van der Waals surface area contributed by atoms with Crippen LogP contribution in [0.3, 0.4) is 0 Å². The Morgan fingerprint density at radius 1 is 1.00 bits per heavy atom. The topological polar surface area (TPSA) is 177 Å². The van der Waals surface area contributed by atoms with Crippen LogP contribution in [-0.2, 0) is 14.4 Å². The third-order valence-corrected chi connectivity index (χ3v) is 3.34. The van der Waals surface area contributed by atoms with Crippen molar-refractivity contribution in [1.82, 2.24) is 16.0 Å². The van der Waals surface area contributed by atoms with E-state index in [9.17, 15) is 24.3 Å². The summed E-state index contributed by atoms with van der Waals surface area (Å²) in [5.41, 5.74) is 10.4. The molecule has 0 fully saturated rings. The van der Waals surface area contributed by atoms with Crippen molar-refractivity contribution in [3.63, 3.8) is 0 Å². The van der Waals surface area contributed by atoms with Crippen LogP contribution in [0.25, 0.3) is 0 Å². The largest absolute Gasteiger partial charge is 0.480 e. The van der Waals surface area contributed by atoms with E-state index in [2.05, 4.69) is 16.0 Å². The van der Waals surface area contributed by atoms with E-state index in [-0.39, 0.29) is 18.9 Å². The summed E-state index contributed by atoms with van der Waals surface area (Å²) in [6.07, 6.45) is 0.776. The van der Waals surface area contributed by atoms with Gasteiger partial charge in [0, 0.05) is 6.54 Å². The number of carboxylic acids is 1. The van der Waals surface area contributed by atoms with Crippen molar-refractivity contribution in [3.8, 4) is 0 Å². The van der Waals surface area contributed by atoms with Gasteiger partial charge in [-0.3, -0.25) is 9.59 Å². The lowest BCUT2D eigenvalue weighted by molar-refractivity contribution is -0.142. The molecule has 0 radical (unpaired) electrons. The van der Waals surface area contributed by atoms with Crippen molar-refractivity contribution in [1.29, 1.82) is 0 Å². The zero-order chi connectivity index (χ0) is 19.6. The number of nitrogens with one attached hydrogen (secondary N) is 3. The van der Waals surface area contributed by atoms with E-state index >= 15 is 0 Å². The normalized spacial score (nSPS) is 14.3. The van der Waals surface area contributed by atoms with Crippen LogP contribution in [0.5, 0.6) is 0 Å². The molecule has 0 unspecified atom stereocenters. The maximum absolute atomic E-state index is 12.4. The molecule has 0 aliphatic heterocycles. The molecule has 0 aromatic carbocycles. The van der Waals surface area contributed by atoms with Crippen molar-refractivity contribution >= 4 is 23.8 Å². The van der Waals surface area contributed by atoms with Crippen LogP contribution < -0.4 is 27.4 Å². The second kappa shape index (κ2) is 11.2.